The second-order valence-electron chi connectivity index (χ2n) is 7.21. The number of hydrogen-bond donors (Lipinski definition) is 2. The van der Waals surface area contributed by atoms with Crippen LogP contribution in [-0.4, -0.2) is 52.1 Å². The fourth-order valence-corrected chi connectivity index (χ4v) is 4.60. The van der Waals surface area contributed by atoms with E-state index in [0.717, 1.165) is 35.7 Å². The molecule has 1 aromatic carbocycles. The van der Waals surface area contributed by atoms with Gasteiger partial charge in [0.2, 0.25) is 5.91 Å². The number of H-pyrrole nitrogens is 1. The summed E-state index contributed by atoms with van der Waals surface area (Å²) >= 11 is 1.88. The monoisotopic (exact) mass is 413 g/mol. The number of benzene rings is 1. The van der Waals surface area contributed by atoms with Gasteiger partial charge >= 0.3 is 0 Å². The lowest BCUT2D eigenvalue weighted by atomic mass is 10.0. The number of hydrogen-bond acceptors (Lipinski definition) is 4. The molecule has 0 aliphatic carbocycles. The van der Waals surface area contributed by atoms with Crippen molar-refractivity contribution in [2.24, 2.45) is 0 Å². The standard InChI is InChI=1S/C22H27N3O3S/c1-4-18-20(15(3)26)14(2)23-21(18)22(28)24-17-7-5-16(6-8-17)13-19(27)25-9-11-29-12-10-25/h5-8,23H,4,9-13H2,1-3H3,(H,24,28). The van der Waals surface area contributed by atoms with Crippen LogP contribution >= 0.6 is 11.8 Å². The van der Waals surface area contributed by atoms with E-state index in [0.29, 0.717) is 35.5 Å². The number of anilines is 1. The Morgan fingerprint density at radius 2 is 1.79 bits per heavy atom. The van der Waals surface area contributed by atoms with Crippen LogP contribution in [-0.2, 0) is 17.6 Å². The van der Waals surface area contributed by atoms with Gasteiger partial charge in [0.05, 0.1) is 6.42 Å². The van der Waals surface area contributed by atoms with Gasteiger partial charge in [0.1, 0.15) is 5.69 Å². The van der Waals surface area contributed by atoms with Crippen LogP contribution in [0, 0.1) is 6.92 Å². The number of aromatic nitrogens is 1. The summed E-state index contributed by atoms with van der Waals surface area (Å²) in [6, 6.07) is 7.35. The van der Waals surface area contributed by atoms with Crippen LogP contribution in [0.25, 0.3) is 0 Å². The zero-order valence-corrected chi connectivity index (χ0v) is 17.9. The van der Waals surface area contributed by atoms with Crippen LogP contribution in [0.15, 0.2) is 24.3 Å². The maximum Gasteiger partial charge on any atom is 0.272 e. The van der Waals surface area contributed by atoms with Gasteiger partial charge in [-0.2, -0.15) is 11.8 Å². The normalized spacial score (nSPS) is 14.0. The first kappa shape index (κ1) is 21.2. The molecule has 2 N–H and O–H groups in total. The van der Waals surface area contributed by atoms with E-state index in [9.17, 15) is 14.4 Å². The van der Waals surface area contributed by atoms with Crippen molar-refractivity contribution in [3.05, 3.63) is 52.3 Å². The Bertz CT molecular complexity index is 912. The van der Waals surface area contributed by atoms with E-state index in [4.69, 9.17) is 0 Å². The van der Waals surface area contributed by atoms with E-state index in [2.05, 4.69) is 10.3 Å². The van der Waals surface area contributed by atoms with Crippen molar-refractivity contribution in [2.75, 3.05) is 29.9 Å². The first-order valence-electron chi connectivity index (χ1n) is 9.88. The number of carbonyl (C=O) groups excluding carboxylic acids is 3. The van der Waals surface area contributed by atoms with Crippen molar-refractivity contribution in [1.29, 1.82) is 0 Å². The SMILES string of the molecule is CCc1c(C(=O)Nc2ccc(CC(=O)N3CCSCC3)cc2)[nH]c(C)c1C(C)=O. The van der Waals surface area contributed by atoms with E-state index in [-0.39, 0.29) is 17.6 Å². The molecular formula is C22H27N3O3S. The highest BCUT2D eigenvalue weighted by Crippen LogP contribution is 2.22. The summed E-state index contributed by atoms with van der Waals surface area (Å²) in [5.74, 6) is 1.83. The van der Waals surface area contributed by atoms with Gasteiger partial charge in [-0.25, -0.2) is 0 Å². The van der Waals surface area contributed by atoms with Crippen LogP contribution in [0.2, 0.25) is 0 Å². The quantitative estimate of drug-likeness (QED) is 0.711. The van der Waals surface area contributed by atoms with Crippen molar-refractivity contribution >= 4 is 35.0 Å². The molecule has 3 rings (SSSR count). The third-order valence-corrected chi connectivity index (χ3v) is 6.10. The third-order valence-electron chi connectivity index (χ3n) is 5.15. The minimum absolute atomic E-state index is 0.0454. The smallest absolute Gasteiger partial charge is 0.272 e. The molecule has 1 aliphatic heterocycles. The van der Waals surface area contributed by atoms with Crippen molar-refractivity contribution < 1.29 is 14.4 Å². The molecule has 0 radical (unpaired) electrons. The number of thioether (sulfide) groups is 1. The lowest BCUT2D eigenvalue weighted by Crippen LogP contribution is -2.38. The number of nitrogens with one attached hydrogen (secondary N) is 2. The summed E-state index contributed by atoms with van der Waals surface area (Å²) in [7, 11) is 0. The summed E-state index contributed by atoms with van der Waals surface area (Å²) in [4.78, 5) is 42.0. The fourth-order valence-electron chi connectivity index (χ4n) is 3.70. The number of rotatable bonds is 6. The minimum Gasteiger partial charge on any atom is -0.354 e. The molecule has 0 unspecified atom stereocenters. The molecule has 1 aromatic heterocycles. The summed E-state index contributed by atoms with van der Waals surface area (Å²) < 4.78 is 0. The number of nitrogens with zero attached hydrogens (tertiary/aromatic N) is 1. The molecule has 1 fully saturated rings. The molecule has 6 nitrogen and oxygen atoms in total. The van der Waals surface area contributed by atoms with Gasteiger partial charge in [-0.1, -0.05) is 19.1 Å². The molecule has 154 valence electrons. The van der Waals surface area contributed by atoms with Gasteiger partial charge in [0.25, 0.3) is 5.91 Å². The van der Waals surface area contributed by atoms with Gasteiger partial charge in [0, 0.05) is 41.5 Å². The highest BCUT2D eigenvalue weighted by atomic mass is 32.2. The van der Waals surface area contributed by atoms with Crippen molar-refractivity contribution in [3.63, 3.8) is 0 Å². The highest BCUT2D eigenvalue weighted by Gasteiger charge is 2.22. The number of carbonyl (C=O) groups is 3. The lowest BCUT2D eigenvalue weighted by Gasteiger charge is -2.26. The predicted molar refractivity (Wildman–Crippen MR) is 117 cm³/mol. The topological polar surface area (TPSA) is 82.3 Å². The Morgan fingerprint density at radius 3 is 2.38 bits per heavy atom. The molecule has 29 heavy (non-hydrogen) atoms. The predicted octanol–water partition coefficient (Wildman–Crippen LogP) is 3.46. The van der Waals surface area contributed by atoms with E-state index in [1.54, 1.807) is 19.1 Å². The lowest BCUT2D eigenvalue weighted by molar-refractivity contribution is -0.130. The van der Waals surface area contributed by atoms with Crippen molar-refractivity contribution in [3.8, 4) is 0 Å². The van der Waals surface area contributed by atoms with E-state index in [1.165, 1.54) is 6.92 Å². The maximum absolute atomic E-state index is 12.7. The van der Waals surface area contributed by atoms with Crippen LogP contribution in [0.4, 0.5) is 5.69 Å². The number of aryl methyl sites for hydroxylation is 1. The first-order chi connectivity index (χ1) is 13.9. The van der Waals surface area contributed by atoms with Crippen LogP contribution in [0.1, 0.15) is 51.5 Å². The molecule has 0 bridgehead atoms. The molecule has 2 heterocycles. The van der Waals surface area contributed by atoms with Gasteiger partial charge in [0.15, 0.2) is 5.78 Å². The summed E-state index contributed by atoms with van der Waals surface area (Å²) in [5, 5.41) is 2.88. The molecule has 1 saturated heterocycles. The molecule has 0 saturated carbocycles. The maximum atomic E-state index is 12.7. The van der Waals surface area contributed by atoms with Crippen LogP contribution in [0.5, 0.6) is 0 Å². The molecule has 0 spiro atoms. The second kappa shape index (κ2) is 9.31. The van der Waals surface area contributed by atoms with Crippen molar-refractivity contribution in [1.82, 2.24) is 9.88 Å². The number of amides is 2. The zero-order valence-electron chi connectivity index (χ0n) is 17.1. The summed E-state index contributed by atoms with van der Waals surface area (Å²) in [6.45, 7) is 6.88. The minimum atomic E-state index is -0.271. The molecule has 0 atom stereocenters. The molecule has 2 aromatic rings. The largest absolute Gasteiger partial charge is 0.354 e. The van der Waals surface area contributed by atoms with E-state index < -0.39 is 0 Å². The highest BCUT2D eigenvalue weighted by molar-refractivity contribution is 7.99. The Kier molecular flexibility index (Phi) is 6.79. The van der Waals surface area contributed by atoms with Gasteiger partial charge < -0.3 is 15.2 Å². The summed E-state index contributed by atoms with van der Waals surface area (Å²) in [6.07, 6.45) is 0.967. The fraction of sp³-hybridized carbons (Fsp3) is 0.409. The number of ketones is 1. The molecular weight excluding hydrogens is 386 g/mol. The Hall–Kier alpha value is -2.54. The number of Topliss-reactive ketones (excluding diaryl/α,β-unsaturated/α-hetero) is 1. The van der Waals surface area contributed by atoms with Crippen molar-refractivity contribution in [2.45, 2.75) is 33.6 Å². The van der Waals surface area contributed by atoms with Gasteiger partial charge in [-0.05, 0) is 43.5 Å². The molecule has 7 heteroatoms. The Labute approximate surface area is 175 Å². The third kappa shape index (κ3) is 4.90. The van der Waals surface area contributed by atoms with Crippen LogP contribution in [0.3, 0.4) is 0 Å². The van der Waals surface area contributed by atoms with Gasteiger partial charge in [-0.3, -0.25) is 14.4 Å². The first-order valence-corrected chi connectivity index (χ1v) is 11.0. The molecule has 1 aliphatic rings. The zero-order chi connectivity index (χ0) is 21.0. The summed E-state index contributed by atoms with van der Waals surface area (Å²) in [5.41, 5.74) is 4.06. The van der Waals surface area contributed by atoms with E-state index in [1.807, 2.05) is 35.7 Å². The number of aromatic amines is 1. The second-order valence-corrected chi connectivity index (χ2v) is 8.43. The van der Waals surface area contributed by atoms with Gasteiger partial charge in [-0.15, -0.1) is 0 Å². The Balaban J connectivity index is 1.67. The Morgan fingerprint density at radius 1 is 1.14 bits per heavy atom. The van der Waals surface area contributed by atoms with Crippen LogP contribution < -0.4 is 5.32 Å². The average Bonchev–Trinajstić information content (AvgIpc) is 3.06. The van der Waals surface area contributed by atoms with E-state index >= 15 is 0 Å². The molecule has 2 amide bonds. The average molecular weight is 414 g/mol.